The van der Waals surface area contributed by atoms with Crippen molar-refractivity contribution in [2.75, 3.05) is 0 Å². The summed E-state index contributed by atoms with van der Waals surface area (Å²) in [5, 5.41) is 8.21. The van der Waals surface area contributed by atoms with Crippen molar-refractivity contribution < 1.29 is 9.90 Å². The predicted octanol–water partition coefficient (Wildman–Crippen LogP) is -0.0476. The normalized spacial score (nSPS) is 22.6. The van der Waals surface area contributed by atoms with Crippen LogP contribution in [0.2, 0.25) is 0 Å². The van der Waals surface area contributed by atoms with Gasteiger partial charge in [0.2, 0.25) is 0 Å². The van der Waals surface area contributed by atoms with Crippen molar-refractivity contribution in [3.8, 4) is 0 Å². The molecule has 1 aliphatic rings. The smallest absolute Gasteiger partial charge is 0.305 e. The van der Waals surface area contributed by atoms with E-state index in [4.69, 9.17) is 10.8 Å². The zero-order valence-corrected chi connectivity index (χ0v) is 4.55. The van der Waals surface area contributed by atoms with Crippen molar-refractivity contribution >= 4 is 5.97 Å². The fraction of sp³-hybridized carbons (Fsp3) is 0.800. The second kappa shape index (κ2) is 1.45. The molecule has 0 aromatic carbocycles. The molecule has 3 nitrogen and oxygen atoms in total. The molecular weight excluding hydrogens is 106 g/mol. The molecule has 0 atom stereocenters. The van der Waals surface area contributed by atoms with Crippen LogP contribution in [0.4, 0.5) is 0 Å². The Kier molecular flexibility index (Phi) is 1.01. The molecule has 46 valence electrons. The van der Waals surface area contributed by atoms with Crippen molar-refractivity contribution in [3.05, 3.63) is 0 Å². The Morgan fingerprint density at radius 2 is 2.25 bits per heavy atom. The zero-order chi connectivity index (χ0) is 6.20. The Morgan fingerprint density at radius 1 is 1.75 bits per heavy atom. The number of rotatable bonds is 2. The van der Waals surface area contributed by atoms with Crippen LogP contribution in [-0.4, -0.2) is 16.6 Å². The largest absolute Gasteiger partial charge is 0.481 e. The SMILES string of the molecule is NC1(CC(=O)O)CC1. The molecule has 0 bridgehead atoms. The third kappa shape index (κ3) is 1.20. The van der Waals surface area contributed by atoms with Crippen LogP contribution < -0.4 is 5.73 Å². The maximum Gasteiger partial charge on any atom is 0.305 e. The van der Waals surface area contributed by atoms with E-state index in [1.807, 2.05) is 0 Å². The number of carboxylic acid groups (broad SMARTS) is 1. The number of aliphatic carboxylic acids is 1. The number of carboxylic acids is 1. The van der Waals surface area contributed by atoms with Gasteiger partial charge in [0.1, 0.15) is 0 Å². The van der Waals surface area contributed by atoms with Gasteiger partial charge in [-0.15, -0.1) is 0 Å². The molecule has 8 heavy (non-hydrogen) atoms. The molecule has 0 aromatic rings. The lowest BCUT2D eigenvalue weighted by Gasteiger charge is -2.00. The van der Waals surface area contributed by atoms with Gasteiger partial charge in [-0.05, 0) is 12.8 Å². The van der Waals surface area contributed by atoms with Crippen LogP contribution in [0.1, 0.15) is 19.3 Å². The summed E-state index contributed by atoms with van der Waals surface area (Å²) in [6.45, 7) is 0. The first-order valence-electron chi connectivity index (χ1n) is 2.63. The van der Waals surface area contributed by atoms with Crippen molar-refractivity contribution in [3.63, 3.8) is 0 Å². The minimum atomic E-state index is -0.787. The molecule has 0 amide bonds. The van der Waals surface area contributed by atoms with Gasteiger partial charge < -0.3 is 10.8 Å². The Hall–Kier alpha value is -0.570. The molecular formula is C5H9NO2. The lowest BCUT2D eigenvalue weighted by atomic mass is 10.2. The average Bonchev–Trinajstić information content (AvgIpc) is 2.17. The molecule has 0 spiro atoms. The Morgan fingerprint density at radius 3 is 2.38 bits per heavy atom. The van der Waals surface area contributed by atoms with Gasteiger partial charge in [0.15, 0.2) is 0 Å². The van der Waals surface area contributed by atoms with E-state index >= 15 is 0 Å². The van der Waals surface area contributed by atoms with Gasteiger partial charge in [0.05, 0.1) is 6.42 Å². The highest BCUT2D eigenvalue weighted by Gasteiger charge is 2.39. The van der Waals surface area contributed by atoms with E-state index < -0.39 is 5.97 Å². The monoisotopic (exact) mass is 115 g/mol. The predicted molar refractivity (Wildman–Crippen MR) is 28.4 cm³/mol. The summed E-state index contributed by atoms with van der Waals surface area (Å²) in [5.74, 6) is -0.787. The number of nitrogens with two attached hydrogens (primary N) is 1. The first kappa shape index (κ1) is 5.56. The highest BCUT2D eigenvalue weighted by molar-refractivity contribution is 5.69. The van der Waals surface area contributed by atoms with Crippen molar-refractivity contribution in [2.45, 2.75) is 24.8 Å². The Balaban J connectivity index is 2.29. The maximum atomic E-state index is 9.97. The maximum absolute atomic E-state index is 9.97. The minimum absolute atomic E-state index is 0.132. The van der Waals surface area contributed by atoms with E-state index in [-0.39, 0.29) is 12.0 Å². The third-order valence-electron chi connectivity index (χ3n) is 1.40. The first-order valence-corrected chi connectivity index (χ1v) is 2.63. The summed E-state index contributed by atoms with van der Waals surface area (Å²) in [6.07, 6.45) is 1.88. The van der Waals surface area contributed by atoms with Crippen LogP contribution in [0, 0.1) is 0 Å². The topological polar surface area (TPSA) is 63.3 Å². The van der Waals surface area contributed by atoms with Crippen molar-refractivity contribution in [2.24, 2.45) is 5.73 Å². The first-order chi connectivity index (χ1) is 3.62. The van der Waals surface area contributed by atoms with E-state index in [0.717, 1.165) is 12.8 Å². The van der Waals surface area contributed by atoms with Crippen molar-refractivity contribution in [1.29, 1.82) is 0 Å². The lowest BCUT2D eigenvalue weighted by Crippen LogP contribution is -2.25. The summed E-state index contributed by atoms with van der Waals surface area (Å²) in [6, 6.07) is 0. The minimum Gasteiger partial charge on any atom is -0.481 e. The van der Waals surface area contributed by atoms with E-state index in [2.05, 4.69) is 0 Å². The van der Waals surface area contributed by atoms with E-state index in [9.17, 15) is 4.79 Å². The fourth-order valence-corrected chi connectivity index (χ4v) is 0.639. The molecule has 1 rings (SSSR count). The van der Waals surface area contributed by atoms with Gasteiger partial charge in [-0.1, -0.05) is 0 Å². The molecule has 0 aliphatic heterocycles. The van der Waals surface area contributed by atoms with E-state index in [1.165, 1.54) is 0 Å². The molecule has 0 radical (unpaired) electrons. The highest BCUT2D eigenvalue weighted by atomic mass is 16.4. The summed E-state index contributed by atoms with van der Waals surface area (Å²) in [4.78, 5) is 9.97. The molecule has 3 heteroatoms. The molecule has 0 unspecified atom stereocenters. The van der Waals surface area contributed by atoms with Crippen LogP contribution in [-0.2, 0) is 4.79 Å². The molecule has 0 saturated heterocycles. The summed E-state index contributed by atoms with van der Waals surface area (Å²) in [5.41, 5.74) is 5.14. The molecule has 0 heterocycles. The number of hydrogen-bond acceptors (Lipinski definition) is 2. The van der Waals surface area contributed by atoms with Crippen LogP contribution in [0.5, 0.6) is 0 Å². The zero-order valence-electron chi connectivity index (χ0n) is 4.55. The highest BCUT2D eigenvalue weighted by Crippen LogP contribution is 2.35. The molecule has 3 N–H and O–H groups in total. The number of hydrogen-bond donors (Lipinski definition) is 2. The van der Waals surface area contributed by atoms with Crippen LogP contribution >= 0.6 is 0 Å². The van der Waals surface area contributed by atoms with Gasteiger partial charge in [-0.25, -0.2) is 0 Å². The van der Waals surface area contributed by atoms with Crippen LogP contribution in [0.25, 0.3) is 0 Å². The van der Waals surface area contributed by atoms with Crippen LogP contribution in [0.3, 0.4) is 0 Å². The van der Waals surface area contributed by atoms with Crippen LogP contribution in [0.15, 0.2) is 0 Å². The Labute approximate surface area is 47.5 Å². The average molecular weight is 115 g/mol. The fourth-order valence-electron chi connectivity index (χ4n) is 0.639. The molecule has 1 aliphatic carbocycles. The van der Waals surface area contributed by atoms with E-state index in [0.29, 0.717) is 0 Å². The molecule has 1 saturated carbocycles. The van der Waals surface area contributed by atoms with Gasteiger partial charge in [-0.2, -0.15) is 0 Å². The number of carbonyl (C=O) groups is 1. The molecule has 1 fully saturated rings. The molecule has 0 aromatic heterocycles. The second-order valence-corrected chi connectivity index (χ2v) is 2.43. The second-order valence-electron chi connectivity index (χ2n) is 2.43. The van der Waals surface area contributed by atoms with Gasteiger partial charge in [0.25, 0.3) is 0 Å². The lowest BCUT2D eigenvalue weighted by molar-refractivity contribution is -0.137. The summed E-state index contributed by atoms with van der Waals surface area (Å²) in [7, 11) is 0. The van der Waals surface area contributed by atoms with E-state index in [1.54, 1.807) is 0 Å². The standard InChI is InChI=1S/C5H9NO2/c6-5(1-2-5)3-4(7)8/h1-3,6H2,(H,7,8). The van der Waals surface area contributed by atoms with Crippen molar-refractivity contribution in [1.82, 2.24) is 0 Å². The van der Waals surface area contributed by atoms with Gasteiger partial charge in [0, 0.05) is 5.54 Å². The summed E-state index contributed by atoms with van der Waals surface area (Å²) < 4.78 is 0. The Bertz CT molecular complexity index is 118. The van der Waals surface area contributed by atoms with Gasteiger partial charge in [-0.3, -0.25) is 4.79 Å². The third-order valence-corrected chi connectivity index (χ3v) is 1.40. The quantitative estimate of drug-likeness (QED) is 0.530. The summed E-state index contributed by atoms with van der Waals surface area (Å²) >= 11 is 0. The van der Waals surface area contributed by atoms with Gasteiger partial charge >= 0.3 is 5.97 Å².